The van der Waals surface area contributed by atoms with Crippen molar-refractivity contribution >= 4 is 49.6 Å². The van der Waals surface area contributed by atoms with Crippen LogP contribution >= 0.6 is 31.9 Å². The number of rotatable bonds is 2. The number of carbonyl (C=O) groups is 2. The normalized spacial score (nSPS) is 10.9. The summed E-state index contributed by atoms with van der Waals surface area (Å²) in [4.78, 5) is 23.6. The molecule has 0 saturated heterocycles. The number of ether oxygens (including phenoxy) is 2. The van der Waals surface area contributed by atoms with E-state index in [1.54, 1.807) is 32.9 Å². The summed E-state index contributed by atoms with van der Waals surface area (Å²) in [5.41, 5.74) is -0.105. The topological polar surface area (TPSA) is 64.6 Å². The molecular weight excluding hydrogens is 394 g/mol. The maximum absolute atomic E-state index is 11.8. The van der Waals surface area contributed by atoms with E-state index in [-0.39, 0.29) is 5.56 Å². The second-order valence-corrected chi connectivity index (χ2v) is 6.70. The molecule has 0 atom stereocenters. The zero-order chi connectivity index (χ0) is 15.5. The van der Waals surface area contributed by atoms with E-state index < -0.39 is 17.7 Å². The first-order valence-corrected chi connectivity index (χ1v) is 7.30. The fourth-order valence-corrected chi connectivity index (χ4v) is 2.70. The third-order valence-corrected chi connectivity index (χ3v) is 3.17. The number of hydrogen-bond donors (Lipinski definition) is 1. The van der Waals surface area contributed by atoms with E-state index >= 15 is 0 Å². The molecule has 0 aromatic heterocycles. The number of halogens is 2. The molecule has 0 spiro atoms. The molecule has 110 valence electrons. The van der Waals surface area contributed by atoms with Crippen LogP contribution in [-0.4, -0.2) is 24.8 Å². The van der Waals surface area contributed by atoms with Crippen LogP contribution in [-0.2, 0) is 9.47 Å². The first-order valence-electron chi connectivity index (χ1n) is 5.71. The van der Waals surface area contributed by atoms with Crippen LogP contribution in [0.3, 0.4) is 0 Å². The minimum Gasteiger partial charge on any atom is -0.465 e. The summed E-state index contributed by atoms with van der Waals surface area (Å²) in [5, 5.41) is 2.55. The molecule has 20 heavy (non-hydrogen) atoms. The number of carbonyl (C=O) groups excluding carboxylic acids is 2. The number of anilines is 1. The molecule has 0 unspecified atom stereocenters. The van der Waals surface area contributed by atoms with Gasteiger partial charge < -0.3 is 9.47 Å². The molecule has 7 heteroatoms. The Balaban J connectivity index is 3.11. The van der Waals surface area contributed by atoms with Gasteiger partial charge in [0.2, 0.25) is 0 Å². The summed E-state index contributed by atoms with van der Waals surface area (Å²) < 4.78 is 11.1. The highest BCUT2D eigenvalue weighted by molar-refractivity contribution is 9.11. The molecule has 1 aromatic carbocycles. The quantitative estimate of drug-likeness (QED) is 0.739. The third kappa shape index (κ3) is 4.79. The fourth-order valence-electron chi connectivity index (χ4n) is 1.38. The summed E-state index contributed by atoms with van der Waals surface area (Å²) in [6.45, 7) is 5.26. The van der Waals surface area contributed by atoms with E-state index in [0.29, 0.717) is 14.6 Å². The first-order chi connectivity index (χ1) is 9.14. The lowest BCUT2D eigenvalue weighted by atomic mass is 10.2. The van der Waals surface area contributed by atoms with Gasteiger partial charge in [0.25, 0.3) is 0 Å². The van der Waals surface area contributed by atoms with Crippen LogP contribution in [0, 0.1) is 0 Å². The molecule has 0 heterocycles. The molecule has 5 nitrogen and oxygen atoms in total. The van der Waals surface area contributed by atoms with Gasteiger partial charge in [-0.3, -0.25) is 5.32 Å². The van der Waals surface area contributed by atoms with Crippen molar-refractivity contribution in [3.63, 3.8) is 0 Å². The van der Waals surface area contributed by atoms with Crippen molar-refractivity contribution in [2.75, 3.05) is 12.4 Å². The Morgan fingerprint density at radius 2 is 1.80 bits per heavy atom. The lowest BCUT2D eigenvalue weighted by molar-refractivity contribution is 0.0601. The van der Waals surface area contributed by atoms with E-state index in [1.807, 2.05) is 0 Å². The lowest BCUT2D eigenvalue weighted by Gasteiger charge is -2.20. The average molecular weight is 409 g/mol. The van der Waals surface area contributed by atoms with Gasteiger partial charge in [-0.1, -0.05) is 15.9 Å². The molecule has 1 rings (SSSR count). The van der Waals surface area contributed by atoms with Gasteiger partial charge in [-0.05, 0) is 48.8 Å². The molecule has 0 radical (unpaired) electrons. The second-order valence-electron chi connectivity index (χ2n) is 4.93. The van der Waals surface area contributed by atoms with Crippen LogP contribution in [0.4, 0.5) is 10.5 Å². The number of nitrogens with one attached hydrogen (secondary N) is 1. The largest absolute Gasteiger partial charge is 0.465 e. The molecular formula is C13H15Br2NO4. The molecule has 0 aliphatic rings. The minimum atomic E-state index is -0.648. The van der Waals surface area contributed by atoms with Crippen LogP contribution in [0.25, 0.3) is 0 Å². The highest BCUT2D eigenvalue weighted by atomic mass is 79.9. The molecule has 0 aliphatic carbocycles. The monoisotopic (exact) mass is 407 g/mol. The van der Waals surface area contributed by atoms with E-state index in [4.69, 9.17) is 9.47 Å². The Morgan fingerprint density at radius 3 is 2.30 bits per heavy atom. The molecule has 0 fully saturated rings. The Labute approximate surface area is 134 Å². The number of benzene rings is 1. The van der Waals surface area contributed by atoms with Gasteiger partial charge in [0.1, 0.15) is 5.60 Å². The summed E-state index contributed by atoms with van der Waals surface area (Å²) in [6, 6.07) is 3.27. The van der Waals surface area contributed by atoms with E-state index in [1.165, 1.54) is 7.11 Å². The molecule has 0 aliphatic heterocycles. The van der Waals surface area contributed by atoms with Crippen molar-refractivity contribution < 1.29 is 19.1 Å². The van der Waals surface area contributed by atoms with Gasteiger partial charge in [-0.25, -0.2) is 9.59 Å². The number of methoxy groups -OCH3 is 1. The van der Waals surface area contributed by atoms with E-state index in [9.17, 15) is 9.59 Å². The lowest BCUT2D eigenvalue weighted by Crippen LogP contribution is -2.28. The standard InChI is InChI=1S/C13H15Br2NO4/c1-13(2,3)20-12(18)16-10-8(11(17)19-4)5-7(14)6-9(10)15/h5-6H,1-4H3,(H,16,18). The molecule has 1 aromatic rings. The highest BCUT2D eigenvalue weighted by Gasteiger charge is 2.21. The van der Waals surface area contributed by atoms with Gasteiger partial charge in [-0.2, -0.15) is 0 Å². The Bertz CT molecular complexity index is 538. The molecule has 1 N–H and O–H groups in total. The van der Waals surface area contributed by atoms with Crippen molar-refractivity contribution in [3.8, 4) is 0 Å². The fraction of sp³-hybridized carbons (Fsp3) is 0.385. The average Bonchev–Trinajstić information content (AvgIpc) is 2.29. The van der Waals surface area contributed by atoms with E-state index in [2.05, 4.69) is 37.2 Å². The highest BCUT2D eigenvalue weighted by Crippen LogP contribution is 2.31. The number of esters is 1. The van der Waals surface area contributed by atoms with Crippen LogP contribution in [0.5, 0.6) is 0 Å². The van der Waals surface area contributed by atoms with Crippen molar-refractivity contribution in [3.05, 3.63) is 26.6 Å². The summed E-state index contributed by atoms with van der Waals surface area (Å²) in [6.07, 6.45) is -0.648. The Hall–Kier alpha value is -1.08. The third-order valence-electron chi connectivity index (χ3n) is 2.09. The summed E-state index contributed by atoms with van der Waals surface area (Å²) >= 11 is 6.57. The maximum atomic E-state index is 11.8. The minimum absolute atomic E-state index is 0.222. The van der Waals surface area contributed by atoms with Crippen molar-refractivity contribution in [2.45, 2.75) is 26.4 Å². The summed E-state index contributed by atoms with van der Waals surface area (Å²) in [7, 11) is 1.27. The van der Waals surface area contributed by atoms with Gasteiger partial charge >= 0.3 is 12.1 Å². The number of amides is 1. The predicted octanol–water partition coefficient (Wildman–Crippen LogP) is 4.35. The Morgan fingerprint density at radius 1 is 1.20 bits per heavy atom. The SMILES string of the molecule is COC(=O)c1cc(Br)cc(Br)c1NC(=O)OC(C)(C)C. The van der Waals surface area contributed by atoms with Crippen molar-refractivity contribution in [1.29, 1.82) is 0 Å². The van der Waals surface area contributed by atoms with Crippen molar-refractivity contribution in [2.24, 2.45) is 0 Å². The van der Waals surface area contributed by atoms with Gasteiger partial charge in [-0.15, -0.1) is 0 Å². The van der Waals surface area contributed by atoms with Crippen LogP contribution in [0.15, 0.2) is 21.1 Å². The Kier molecular flexibility index (Phi) is 5.59. The smallest absolute Gasteiger partial charge is 0.412 e. The van der Waals surface area contributed by atoms with Gasteiger partial charge in [0, 0.05) is 8.95 Å². The zero-order valence-electron chi connectivity index (χ0n) is 11.5. The molecule has 1 amide bonds. The summed E-state index contributed by atoms with van der Waals surface area (Å²) in [5.74, 6) is -0.557. The van der Waals surface area contributed by atoms with Crippen LogP contribution in [0.1, 0.15) is 31.1 Å². The number of hydrogen-bond acceptors (Lipinski definition) is 4. The molecule has 0 saturated carbocycles. The van der Waals surface area contributed by atoms with Gasteiger partial charge in [0.05, 0.1) is 18.4 Å². The maximum Gasteiger partial charge on any atom is 0.412 e. The predicted molar refractivity (Wildman–Crippen MR) is 83.0 cm³/mol. The molecule has 0 bridgehead atoms. The second kappa shape index (κ2) is 6.58. The first kappa shape index (κ1) is 17.0. The van der Waals surface area contributed by atoms with Gasteiger partial charge in [0.15, 0.2) is 0 Å². The van der Waals surface area contributed by atoms with Crippen LogP contribution in [0.2, 0.25) is 0 Å². The zero-order valence-corrected chi connectivity index (χ0v) is 14.7. The van der Waals surface area contributed by atoms with E-state index in [0.717, 1.165) is 0 Å². The van der Waals surface area contributed by atoms with Crippen molar-refractivity contribution in [1.82, 2.24) is 0 Å². The van der Waals surface area contributed by atoms with Crippen LogP contribution < -0.4 is 5.32 Å².